The number of nitrogens with zero attached hydrogens (tertiary/aromatic N) is 1. The number of rotatable bonds is 2. The van der Waals surface area contributed by atoms with Crippen LogP contribution in [0.3, 0.4) is 0 Å². The van der Waals surface area contributed by atoms with Crippen molar-refractivity contribution in [1.29, 1.82) is 0 Å². The molecule has 0 spiro atoms. The standard InChI is InChI=1S/C15H25NO3/c1-14(2)9-12(17)16(13(18)10-14)11-15(19)7-5-3-4-6-8-15/h19H,3-11H2,1-2H3. The van der Waals surface area contributed by atoms with Gasteiger partial charge in [0.25, 0.3) is 0 Å². The van der Waals surface area contributed by atoms with E-state index in [9.17, 15) is 14.7 Å². The van der Waals surface area contributed by atoms with Gasteiger partial charge in [0.1, 0.15) is 0 Å². The maximum Gasteiger partial charge on any atom is 0.229 e. The topological polar surface area (TPSA) is 57.6 Å². The number of hydrogen-bond donors (Lipinski definition) is 1. The Balaban J connectivity index is 2.05. The fourth-order valence-corrected chi connectivity index (χ4v) is 3.23. The number of imide groups is 1. The van der Waals surface area contributed by atoms with E-state index < -0.39 is 5.60 Å². The summed E-state index contributed by atoms with van der Waals surface area (Å²) in [4.78, 5) is 25.5. The molecule has 1 heterocycles. The van der Waals surface area contributed by atoms with E-state index in [1.165, 1.54) is 4.90 Å². The highest BCUT2D eigenvalue weighted by atomic mass is 16.3. The van der Waals surface area contributed by atoms with Crippen LogP contribution in [-0.4, -0.2) is 34.0 Å². The lowest BCUT2D eigenvalue weighted by atomic mass is 9.81. The maximum atomic E-state index is 12.1. The molecule has 4 heteroatoms. The van der Waals surface area contributed by atoms with Crippen LogP contribution in [0.4, 0.5) is 0 Å². The average molecular weight is 267 g/mol. The molecule has 1 aliphatic heterocycles. The van der Waals surface area contributed by atoms with Crippen molar-refractivity contribution in [1.82, 2.24) is 4.90 Å². The second-order valence-corrected chi connectivity index (χ2v) is 7.03. The Morgan fingerprint density at radius 3 is 1.95 bits per heavy atom. The Morgan fingerprint density at radius 2 is 1.47 bits per heavy atom. The number of hydrogen-bond acceptors (Lipinski definition) is 3. The molecule has 0 aromatic rings. The lowest BCUT2D eigenvalue weighted by Gasteiger charge is -2.39. The van der Waals surface area contributed by atoms with Crippen LogP contribution in [0.1, 0.15) is 65.2 Å². The SMILES string of the molecule is CC1(C)CC(=O)N(CC2(O)CCCCCC2)C(=O)C1. The van der Waals surface area contributed by atoms with Gasteiger partial charge in [-0.2, -0.15) is 0 Å². The highest BCUT2D eigenvalue weighted by Gasteiger charge is 2.41. The fourth-order valence-electron chi connectivity index (χ4n) is 3.23. The molecule has 1 aliphatic carbocycles. The second-order valence-electron chi connectivity index (χ2n) is 7.03. The lowest BCUT2D eigenvalue weighted by molar-refractivity contribution is -0.157. The second kappa shape index (κ2) is 5.23. The van der Waals surface area contributed by atoms with E-state index in [2.05, 4.69) is 0 Å². The molecule has 0 unspecified atom stereocenters. The van der Waals surface area contributed by atoms with Crippen LogP contribution in [0.25, 0.3) is 0 Å². The first-order chi connectivity index (χ1) is 8.81. The van der Waals surface area contributed by atoms with E-state index >= 15 is 0 Å². The van der Waals surface area contributed by atoms with Gasteiger partial charge in [-0.15, -0.1) is 0 Å². The highest BCUT2D eigenvalue weighted by molar-refractivity contribution is 5.98. The third kappa shape index (κ3) is 3.56. The van der Waals surface area contributed by atoms with Gasteiger partial charge in [0.15, 0.2) is 0 Å². The predicted molar refractivity (Wildman–Crippen MR) is 72.4 cm³/mol. The number of likely N-dealkylation sites (tertiary alicyclic amines) is 1. The molecular formula is C15H25NO3. The molecule has 2 aliphatic rings. The summed E-state index contributed by atoms with van der Waals surface area (Å²) >= 11 is 0. The first-order valence-electron chi connectivity index (χ1n) is 7.37. The van der Waals surface area contributed by atoms with Gasteiger partial charge in [-0.25, -0.2) is 0 Å². The normalized spacial score (nSPS) is 27.2. The van der Waals surface area contributed by atoms with E-state index in [4.69, 9.17) is 0 Å². The number of aliphatic hydroxyl groups is 1. The van der Waals surface area contributed by atoms with Crippen LogP contribution < -0.4 is 0 Å². The first kappa shape index (κ1) is 14.5. The Morgan fingerprint density at radius 1 is 1.00 bits per heavy atom. The molecule has 0 radical (unpaired) electrons. The van der Waals surface area contributed by atoms with E-state index in [1.807, 2.05) is 13.8 Å². The third-order valence-electron chi connectivity index (χ3n) is 4.35. The Kier molecular flexibility index (Phi) is 4.00. The quantitative estimate of drug-likeness (QED) is 0.616. The molecule has 0 bridgehead atoms. The summed E-state index contributed by atoms with van der Waals surface area (Å²) in [5.74, 6) is -0.252. The van der Waals surface area contributed by atoms with E-state index in [1.54, 1.807) is 0 Å². The molecule has 1 saturated heterocycles. The number of amides is 2. The Bertz CT molecular complexity index is 348. The van der Waals surface area contributed by atoms with Crippen molar-refractivity contribution in [2.24, 2.45) is 5.41 Å². The van der Waals surface area contributed by atoms with Crippen molar-refractivity contribution in [2.75, 3.05) is 6.54 Å². The molecule has 1 N–H and O–H groups in total. The highest BCUT2D eigenvalue weighted by Crippen LogP contribution is 2.34. The molecule has 4 nitrogen and oxygen atoms in total. The molecule has 0 aromatic carbocycles. The summed E-state index contributed by atoms with van der Waals surface area (Å²) in [7, 11) is 0. The van der Waals surface area contributed by atoms with Crippen LogP contribution >= 0.6 is 0 Å². The summed E-state index contributed by atoms with van der Waals surface area (Å²) in [6.07, 6.45) is 6.44. The molecule has 2 fully saturated rings. The smallest absolute Gasteiger partial charge is 0.229 e. The zero-order valence-corrected chi connectivity index (χ0v) is 12.1. The van der Waals surface area contributed by atoms with Gasteiger partial charge in [0.05, 0.1) is 12.1 Å². The molecule has 0 aromatic heterocycles. The lowest BCUT2D eigenvalue weighted by Crippen LogP contribution is -2.52. The fraction of sp³-hybridized carbons (Fsp3) is 0.867. The number of β-amino-alcohol motifs (C(OH)–C–C–N with tert-alkyl or cyclic N) is 1. The number of carbonyl (C=O) groups is 2. The summed E-state index contributed by atoms with van der Waals surface area (Å²) in [6, 6.07) is 0. The average Bonchev–Trinajstić information content (AvgIpc) is 2.48. The van der Waals surface area contributed by atoms with Crippen LogP contribution in [0.15, 0.2) is 0 Å². The molecule has 1 saturated carbocycles. The molecule has 108 valence electrons. The van der Waals surface area contributed by atoms with Crippen molar-refractivity contribution < 1.29 is 14.7 Å². The summed E-state index contributed by atoms with van der Waals surface area (Å²) < 4.78 is 0. The van der Waals surface area contributed by atoms with Crippen LogP contribution in [-0.2, 0) is 9.59 Å². The van der Waals surface area contributed by atoms with Crippen LogP contribution in [0.5, 0.6) is 0 Å². The molecule has 19 heavy (non-hydrogen) atoms. The van der Waals surface area contributed by atoms with Gasteiger partial charge < -0.3 is 5.11 Å². The van der Waals surface area contributed by atoms with Crippen molar-refractivity contribution in [3.63, 3.8) is 0 Å². The minimum atomic E-state index is -0.858. The Hall–Kier alpha value is -0.900. The van der Waals surface area contributed by atoms with Crippen molar-refractivity contribution >= 4 is 11.8 Å². The van der Waals surface area contributed by atoms with Gasteiger partial charge in [0, 0.05) is 12.8 Å². The molecular weight excluding hydrogens is 242 g/mol. The van der Waals surface area contributed by atoms with Gasteiger partial charge in [0.2, 0.25) is 11.8 Å². The predicted octanol–water partition coefficient (Wildman–Crippen LogP) is 2.25. The van der Waals surface area contributed by atoms with Gasteiger partial charge in [-0.05, 0) is 18.3 Å². The zero-order valence-electron chi connectivity index (χ0n) is 12.1. The van der Waals surface area contributed by atoms with E-state index in [-0.39, 0.29) is 23.8 Å². The Labute approximate surface area is 115 Å². The molecule has 2 rings (SSSR count). The molecule has 0 atom stereocenters. The monoisotopic (exact) mass is 267 g/mol. The largest absolute Gasteiger partial charge is 0.388 e. The summed E-state index contributed by atoms with van der Waals surface area (Å²) in [6.45, 7) is 4.09. The minimum Gasteiger partial charge on any atom is -0.388 e. The summed E-state index contributed by atoms with van der Waals surface area (Å²) in [5, 5.41) is 10.6. The van der Waals surface area contributed by atoms with E-state index in [0.29, 0.717) is 25.7 Å². The van der Waals surface area contributed by atoms with Crippen LogP contribution in [0, 0.1) is 5.41 Å². The zero-order chi connectivity index (χ0) is 14.1. The van der Waals surface area contributed by atoms with Crippen molar-refractivity contribution in [3.8, 4) is 0 Å². The van der Waals surface area contributed by atoms with E-state index in [0.717, 1.165) is 25.7 Å². The maximum absolute atomic E-state index is 12.1. The first-order valence-corrected chi connectivity index (χ1v) is 7.37. The third-order valence-corrected chi connectivity index (χ3v) is 4.35. The van der Waals surface area contributed by atoms with Gasteiger partial charge in [-0.3, -0.25) is 14.5 Å². The van der Waals surface area contributed by atoms with Crippen molar-refractivity contribution in [2.45, 2.75) is 70.8 Å². The van der Waals surface area contributed by atoms with Crippen LogP contribution in [0.2, 0.25) is 0 Å². The number of carbonyl (C=O) groups excluding carboxylic acids is 2. The molecule has 2 amide bonds. The number of piperidine rings is 1. The van der Waals surface area contributed by atoms with Crippen molar-refractivity contribution in [3.05, 3.63) is 0 Å². The minimum absolute atomic E-state index is 0.126. The van der Waals surface area contributed by atoms with Gasteiger partial charge in [-0.1, -0.05) is 39.5 Å². The summed E-state index contributed by atoms with van der Waals surface area (Å²) in [5.41, 5.74) is -1.10. The van der Waals surface area contributed by atoms with Gasteiger partial charge >= 0.3 is 0 Å².